The van der Waals surface area contributed by atoms with E-state index in [1.54, 1.807) is 37.6 Å². The summed E-state index contributed by atoms with van der Waals surface area (Å²) < 4.78 is 16.7. The molecule has 2 heterocycles. The SMILES string of the molecule is COc1cc2c(cc1OC)C(c1ccc([N+](=O)[O-])cc1)=NN(c1ncc(C)o1)[C@@H](C)C2. The van der Waals surface area contributed by atoms with E-state index in [9.17, 15) is 10.1 Å². The van der Waals surface area contributed by atoms with Crippen LogP contribution in [0.25, 0.3) is 0 Å². The van der Waals surface area contributed by atoms with Crippen molar-refractivity contribution >= 4 is 17.4 Å². The number of hydrazone groups is 1. The second-order valence-electron chi connectivity index (χ2n) is 7.27. The first-order valence-corrected chi connectivity index (χ1v) is 9.71. The summed E-state index contributed by atoms with van der Waals surface area (Å²) in [7, 11) is 3.17. The molecule has 0 aliphatic carbocycles. The van der Waals surface area contributed by atoms with E-state index < -0.39 is 4.92 Å². The quantitative estimate of drug-likeness (QED) is 0.450. The number of anilines is 1. The van der Waals surface area contributed by atoms with Gasteiger partial charge in [0.05, 0.1) is 37.1 Å². The first-order chi connectivity index (χ1) is 14.9. The van der Waals surface area contributed by atoms with Crippen LogP contribution in [0.3, 0.4) is 0 Å². The smallest absolute Gasteiger partial charge is 0.318 e. The van der Waals surface area contributed by atoms with Crippen LogP contribution in [0.2, 0.25) is 0 Å². The first kappa shape index (κ1) is 20.4. The summed E-state index contributed by atoms with van der Waals surface area (Å²) in [5.41, 5.74) is 3.23. The molecule has 0 unspecified atom stereocenters. The van der Waals surface area contributed by atoms with Crippen molar-refractivity contribution in [2.75, 3.05) is 19.2 Å². The number of non-ortho nitro benzene ring substituents is 1. The minimum Gasteiger partial charge on any atom is -0.493 e. The summed E-state index contributed by atoms with van der Waals surface area (Å²) >= 11 is 0. The van der Waals surface area contributed by atoms with E-state index >= 15 is 0 Å². The molecule has 3 aromatic rings. The Morgan fingerprint density at radius 3 is 2.42 bits per heavy atom. The molecule has 2 aromatic carbocycles. The highest BCUT2D eigenvalue weighted by Crippen LogP contribution is 2.35. The molecule has 1 aliphatic rings. The van der Waals surface area contributed by atoms with Crippen LogP contribution in [-0.2, 0) is 6.42 Å². The van der Waals surface area contributed by atoms with Crippen LogP contribution in [-0.4, -0.2) is 35.9 Å². The third kappa shape index (κ3) is 3.81. The molecular weight excluding hydrogens is 400 g/mol. The molecule has 0 amide bonds. The molecule has 1 aliphatic heterocycles. The monoisotopic (exact) mass is 422 g/mol. The molecule has 0 saturated carbocycles. The van der Waals surface area contributed by atoms with Crippen molar-refractivity contribution in [2.24, 2.45) is 5.10 Å². The normalized spacial score (nSPS) is 15.7. The Kier molecular flexibility index (Phi) is 5.33. The summed E-state index contributed by atoms with van der Waals surface area (Å²) in [5, 5.41) is 17.7. The zero-order chi connectivity index (χ0) is 22.1. The molecule has 4 rings (SSSR count). The van der Waals surface area contributed by atoms with Gasteiger partial charge < -0.3 is 13.9 Å². The van der Waals surface area contributed by atoms with E-state index in [1.807, 2.05) is 26.0 Å². The first-order valence-electron chi connectivity index (χ1n) is 9.71. The lowest BCUT2D eigenvalue weighted by Gasteiger charge is -2.21. The average Bonchev–Trinajstić information content (AvgIpc) is 3.14. The molecule has 0 fully saturated rings. The minimum absolute atomic E-state index is 0.0130. The number of hydrogen-bond donors (Lipinski definition) is 0. The van der Waals surface area contributed by atoms with Crippen LogP contribution in [0.5, 0.6) is 11.5 Å². The van der Waals surface area contributed by atoms with Gasteiger partial charge in [0.15, 0.2) is 11.5 Å². The van der Waals surface area contributed by atoms with E-state index in [2.05, 4.69) is 4.98 Å². The second kappa shape index (κ2) is 8.10. The largest absolute Gasteiger partial charge is 0.493 e. The Hall–Kier alpha value is -3.88. The number of rotatable bonds is 5. The molecule has 1 aromatic heterocycles. The zero-order valence-corrected chi connectivity index (χ0v) is 17.7. The molecule has 9 nitrogen and oxygen atoms in total. The third-order valence-corrected chi connectivity index (χ3v) is 5.16. The third-order valence-electron chi connectivity index (χ3n) is 5.16. The summed E-state index contributed by atoms with van der Waals surface area (Å²) in [6.45, 7) is 3.85. The lowest BCUT2D eigenvalue weighted by molar-refractivity contribution is -0.384. The fourth-order valence-electron chi connectivity index (χ4n) is 3.61. The summed E-state index contributed by atoms with van der Waals surface area (Å²) in [5.74, 6) is 1.88. The molecule has 0 spiro atoms. The number of methoxy groups -OCH3 is 2. The Balaban J connectivity index is 1.92. The van der Waals surface area contributed by atoms with Gasteiger partial charge in [-0.25, -0.2) is 9.99 Å². The highest BCUT2D eigenvalue weighted by Gasteiger charge is 2.28. The van der Waals surface area contributed by atoms with Gasteiger partial charge in [0.1, 0.15) is 5.76 Å². The number of nitro benzene ring substituents is 1. The predicted molar refractivity (Wildman–Crippen MR) is 115 cm³/mol. The topological polar surface area (TPSA) is 103 Å². The number of aryl methyl sites for hydroxylation is 1. The van der Waals surface area contributed by atoms with E-state index in [-0.39, 0.29) is 11.7 Å². The number of hydrogen-bond acceptors (Lipinski definition) is 8. The maximum atomic E-state index is 11.1. The molecule has 9 heteroatoms. The summed E-state index contributed by atoms with van der Waals surface area (Å²) in [6, 6.07) is 10.4. The molecule has 160 valence electrons. The Labute approximate surface area is 179 Å². The van der Waals surface area contributed by atoms with Gasteiger partial charge in [0, 0.05) is 23.3 Å². The standard InChI is InChI=1S/C22H22N4O5/c1-13-9-16-10-19(29-3)20(30-4)11-18(16)21(15-5-7-17(8-6-15)26(27)28)24-25(13)22-23-12-14(2)31-22/h5-8,10-13H,9H2,1-4H3/t13-/m0/s1. The Bertz CT molecular complexity index is 1150. The van der Waals surface area contributed by atoms with Gasteiger partial charge in [-0.1, -0.05) is 0 Å². The summed E-state index contributed by atoms with van der Waals surface area (Å²) in [4.78, 5) is 15.0. The number of nitrogens with zero attached hydrogens (tertiary/aromatic N) is 4. The maximum absolute atomic E-state index is 11.1. The van der Waals surface area contributed by atoms with Gasteiger partial charge in [-0.15, -0.1) is 0 Å². The number of ether oxygens (including phenoxy) is 2. The molecule has 0 radical (unpaired) electrons. The second-order valence-corrected chi connectivity index (χ2v) is 7.27. The van der Waals surface area contributed by atoms with Crippen molar-refractivity contribution in [2.45, 2.75) is 26.3 Å². The number of benzene rings is 2. The lowest BCUT2D eigenvalue weighted by atomic mass is 9.94. The summed E-state index contributed by atoms with van der Waals surface area (Å²) in [6.07, 6.45) is 2.30. The van der Waals surface area contributed by atoms with Gasteiger partial charge in [-0.2, -0.15) is 5.10 Å². The van der Waals surface area contributed by atoms with Crippen LogP contribution >= 0.6 is 0 Å². The van der Waals surface area contributed by atoms with E-state index in [0.717, 1.165) is 16.7 Å². The van der Waals surface area contributed by atoms with Gasteiger partial charge in [0.2, 0.25) is 0 Å². The van der Waals surface area contributed by atoms with Crippen molar-refractivity contribution in [3.05, 3.63) is 75.2 Å². The maximum Gasteiger partial charge on any atom is 0.318 e. The predicted octanol–water partition coefficient (Wildman–Crippen LogP) is 4.11. The van der Waals surface area contributed by atoms with Gasteiger partial charge in [-0.3, -0.25) is 10.1 Å². The van der Waals surface area contributed by atoms with Crippen LogP contribution in [0.4, 0.5) is 11.7 Å². The van der Waals surface area contributed by atoms with Crippen LogP contribution in [0.1, 0.15) is 29.4 Å². The lowest BCUT2D eigenvalue weighted by Crippen LogP contribution is -2.29. The van der Waals surface area contributed by atoms with E-state index in [4.69, 9.17) is 19.0 Å². The molecule has 1 atom stereocenters. The van der Waals surface area contributed by atoms with Gasteiger partial charge in [-0.05, 0) is 50.1 Å². The van der Waals surface area contributed by atoms with Crippen LogP contribution in [0.15, 0.2) is 52.1 Å². The van der Waals surface area contributed by atoms with Crippen LogP contribution < -0.4 is 14.5 Å². The molecule has 0 bridgehead atoms. The zero-order valence-electron chi connectivity index (χ0n) is 17.7. The minimum atomic E-state index is -0.426. The molecular formula is C22H22N4O5. The Morgan fingerprint density at radius 2 is 1.84 bits per heavy atom. The van der Waals surface area contributed by atoms with E-state index in [0.29, 0.717) is 35.4 Å². The van der Waals surface area contributed by atoms with Crippen molar-refractivity contribution in [3.8, 4) is 11.5 Å². The highest BCUT2D eigenvalue weighted by atomic mass is 16.6. The van der Waals surface area contributed by atoms with Crippen molar-refractivity contribution < 1.29 is 18.8 Å². The van der Waals surface area contributed by atoms with E-state index in [1.165, 1.54) is 12.1 Å². The number of nitro groups is 1. The highest BCUT2D eigenvalue weighted by molar-refractivity contribution is 6.14. The molecule has 0 N–H and O–H groups in total. The molecule has 0 saturated heterocycles. The average molecular weight is 422 g/mol. The van der Waals surface area contributed by atoms with Gasteiger partial charge >= 0.3 is 6.01 Å². The van der Waals surface area contributed by atoms with Crippen molar-refractivity contribution in [1.29, 1.82) is 0 Å². The molecule has 31 heavy (non-hydrogen) atoms. The fourth-order valence-corrected chi connectivity index (χ4v) is 3.61. The number of aromatic nitrogens is 1. The number of oxazole rings is 1. The fraction of sp³-hybridized carbons (Fsp3) is 0.273. The van der Waals surface area contributed by atoms with Crippen LogP contribution in [0, 0.1) is 17.0 Å². The van der Waals surface area contributed by atoms with Gasteiger partial charge in [0.25, 0.3) is 5.69 Å². The van der Waals surface area contributed by atoms with Crippen molar-refractivity contribution in [3.63, 3.8) is 0 Å². The Morgan fingerprint density at radius 1 is 1.16 bits per heavy atom. The number of fused-ring (bicyclic) bond motifs is 1. The van der Waals surface area contributed by atoms with Crippen molar-refractivity contribution in [1.82, 2.24) is 4.98 Å².